The van der Waals surface area contributed by atoms with Crippen LogP contribution in [0.4, 0.5) is 11.4 Å². The molecule has 15 heavy (non-hydrogen) atoms. The number of nitrogens with zero attached hydrogens (tertiary/aromatic N) is 4. The highest BCUT2D eigenvalue weighted by molar-refractivity contribution is 5.66. The van der Waals surface area contributed by atoms with E-state index in [1.807, 2.05) is 24.3 Å². The smallest absolute Gasteiger partial charge is 0.0609 e. The van der Waals surface area contributed by atoms with Gasteiger partial charge in [-0.3, -0.25) is 0 Å². The summed E-state index contributed by atoms with van der Waals surface area (Å²) in [7, 11) is 0. The predicted octanol–water partition coefficient (Wildman–Crippen LogP) is 3.62. The number of hydrogen-bond donors (Lipinski definition) is 0. The zero-order valence-electron chi connectivity index (χ0n) is 8.63. The van der Waals surface area contributed by atoms with Crippen molar-refractivity contribution in [1.82, 2.24) is 0 Å². The Balaban J connectivity index is 2.28. The predicted molar refractivity (Wildman–Crippen MR) is 61.3 cm³/mol. The van der Waals surface area contributed by atoms with Crippen molar-refractivity contribution >= 4 is 11.4 Å². The van der Waals surface area contributed by atoms with Gasteiger partial charge < -0.3 is 4.90 Å². The molecule has 4 heteroatoms. The summed E-state index contributed by atoms with van der Waals surface area (Å²) in [5.41, 5.74) is 10.3. The summed E-state index contributed by atoms with van der Waals surface area (Å²) in [5, 5.41) is 3.72. The number of piperidine rings is 1. The van der Waals surface area contributed by atoms with Crippen LogP contribution in [0.25, 0.3) is 10.4 Å². The lowest BCUT2D eigenvalue weighted by molar-refractivity contribution is 0.578. The fraction of sp³-hybridized carbons (Fsp3) is 0.455. The van der Waals surface area contributed by atoms with E-state index in [0.717, 1.165) is 24.5 Å². The van der Waals surface area contributed by atoms with E-state index in [2.05, 4.69) is 14.9 Å². The fourth-order valence-electron chi connectivity index (χ4n) is 2.00. The Labute approximate surface area is 89.1 Å². The normalized spacial score (nSPS) is 15.9. The van der Waals surface area contributed by atoms with Gasteiger partial charge in [0, 0.05) is 23.7 Å². The lowest BCUT2D eigenvalue weighted by Gasteiger charge is -2.29. The van der Waals surface area contributed by atoms with Crippen LogP contribution in [-0.2, 0) is 0 Å². The molecule has 1 fully saturated rings. The summed E-state index contributed by atoms with van der Waals surface area (Å²) < 4.78 is 0. The molecule has 1 aliphatic heterocycles. The number of para-hydroxylation sites is 1. The molecule has 0 bridgehead atoms. The average molecular weight is 202 g/mol. The highest BCUT2D eigenvalue weighted by Gasteiger charge is 2.12. The fourth-order valence-corrected chi connectivity index (χ4v) is 2.00. The summed E-state index contributed by atoms with van der Waals surface area (Å²) in [6.07, 6.45) is 3.76. The third-order valence-electron chi connectivity index (χ3n) is 2.73. The van der Waals surface area contributed by atoms with Crippen molar-refractivity contribution in [2.24, 2.45) is 5.11 Å². The van der Waals surface area contributed by atoms with Crippen LogP contribution in [0.3, 0.4) is 0 Å². The van der Waals surface area contributed by atoms with Gasteiger partial charge in [-0.1, -0.05) is 23.3 Å². The molecule has 0 saturated carbocycles. The first-order chi connectivity index (χ1) is 7.42. The SMILES string of the molecule is [N-]=[N+]=Nc1ccccc1N1CCCCC1. The standard InChI is InChI=1S/C11H14N4/c12-14-13-10-6-2-3-7-11(10)15-8-4-1-5-9-15/h2-3,6-7H,1,4-5,8-9H2. The Morgan fingerprint density at radius 1 is 1.13 bits per heavy atom. The maximum Gasteiger partial charge on any atom is 0.0609 e. The first kappa shape index (κ1) is 9.87. The quantitative estimate of drug-likeness (QED) is 0.410. The first-order valence-corrected chi connectivity index (χ1v) is 5.31. The molecule has 1 heterocycles. The Morgan fingerprint density at radius 2 is 1.87 bits per heavy atom. The number of hydrogen-bond acceptors (Lipinski definition) is 2. The zero-order chi connectivity index (χ0) is 10.5. The Kier molecular flexibility index (Phi) is 3.10. The van der Waals surface area contributed by atoms with Gasteiger partial charge in [-0.2, -0.15) is 0 Å². The Bertz CT molecular complexity index is 376. The molecule has 1 aromatic rings. The van der Waals surface area contributed by atoms with Crippen molar-refractivity contribution < 1.29 is 0 Å². The van der Waals surface area contributed by atoms with Gasteiger partial charge in [-0.05, 0) is 30.9 Å². The molecule has 4 nitrogen and oxygen atoms in total. The third kappa shape index (κ3) is 2.22. The molecule has 0 aliphatic carbocycles. The third-order valence-corrected chi connectivity index (χ3v) is 2.73. The first-order valence-electron chi connectivity index (χ1n) is 5.31. The van der Waals surface area contributed by atoms with E-state index in [9.17, 15) is 0 Å². The maximum absolute atomic E-state index is 8.48. The molecular formula is C11H14N4. The van der Waals surface area contributed by atoms with Crippen molar-refractivity contribution in [2.45, 2.75) is 19.3 Å². The molecule has 0 aromatic heterocycles. The van der Waals surface area contributed by atoms with E-state index < -0.39 is 0 Å². The summed E-state index contributed by atoms with van der Waals surface area (Å²) >= 11 is 0. The molecule has 0 spiro atoms. The second-order valence-electron chi connectivity index (χ2n) is 3.73. The van der Waals surface area contributed by atoms with Crippen molar-refractivity contribution in [3.8, 4) is 0 Å². The van der Waals surface area contributed by atoms with Crippen LogP contribution in [0.5, 0.6) is 0 Å². The highest BCUT2D eigenvalue weighted by Crippen LogP contribution is 2.30. The molecule has 78 valence electrons. The Morgan fingerprint density at radius 3 is 2.60 bits per heavy atom. The van der Waals surface area contributed by atoms with Crippen molar-refractivity contribution in [1.29, 1.82) is 0 Å². The van der Waals surface area contributed by atoms with Gasteiger partial charge in [-0.15, -0.1) is 0 Å². The van der Waals surface area contributed by atoms with E-state index in [-0.39, 0.29) is 0 Å². The van der Waals surface area contributed by atoms with Gasteiger partial charge in [0.15, 0.2) is 0 Å². The molecule has 0 amide bonds. The van der Waals surface area contributed by atoms with Crippen LogP contribution in [0.15, 0.2) is 29.4 Å². The van der Waals surface area contributed by atoms with Crippen LogP contribution in [0, 0.1) is 0 Å². The topological polar surface area (TPSA) is 52.0 Å². The van der Waals surface area contributed by atoms with Gasteiger partial charge in [0.2, 0.25) is 0 Å². The van der Waals surface area contributed by atoms with Gasteiger partial charge in [0.1, 0.15) is 0 Å². The molecule has 2 rings (SSSR count). The minimum absolute atomic E-state index is 0.738. The summed E-state index contributed by atoms with van der Waals surface area (Å²) in [4.78, 5) is 5.16. The lowest BCUT2D eigenvalue weighted by atomic mass is 10.1. The van der Waals surface area contributed by atoms with Crippen LogP contribution in [0.1, 0.15) is 19.3 Å². The van der Waals surface area contributed by atoms with Crippen LogP contribution in [0.2, 0.25) is 0 Å². The average Bonchev–Trinajstić information content (AvgIpc) is 2.31. The molecule has 0 atom stereocenters. The monoisotopic (exact) mass is 202 g/mol. The number of rotatable bonds is 2. The van der Waals surface area contributed by atoms with E-state index in [4.69, 9.17) is 5.53 Å². The van der Waals surface area contributed by atoms with E-state index in [0.29, 0.717) is 0 Å². The van der Waals surface area contributed by atoms with E-state index in [1.165, 1.54) is 19.3 Å². The summed E-state index contributed by atoms with van der Waals surface area (Å²) in [6.45, 7) is 2.13. The summed E-state index contributed by atoms with van der Waals surface area (Å²) in [5.74, 6) is 0. The molecule has 0 radical (unpaired) electrons. The van der Waals surface area contributed by atoms with Crippen molar-refractivity contribution in [2.75, 3.05) is 18.0 Å². The van der Waals surface area contributed by atoms with Crippen molar-refractivity contribution in [3.63, 3.8) is 0 Å². The minimum atomic E-state index is 0.738. The van der Waals surface area contributed by atoms with Crippen LogP contribution >= 0.6 is 0 Å². The number of azide groups is 1. The molecular weight excluding hydrogens is 188 g/mol. The summed E-state index contributed by atoms with van der Waals surface area (Å²) in [6, 6.07) is 7.77. The molecule has 1 aliphatic rings. The molecule has 0 N–H and O–H groups in total. The van der Waals surface area contributed by atoms with Crippen LogP contribution in [-0.4, -0.2) is 13.1 Å². The maximum atomic E-state index is 8.48. The highest BCUT2D eigenvalue weighted by atomic mass is 15.2. The van der Waals surface area contributed by atoms with Gasteiger partial charge in [0.05, 0.1) is 5.69 Å². The zero-order valence-corrected chi connectivity index (χ0v) is 8.63. The molecule has 1 aromatic carbocycles. The second-order valence-corrected chi connectivity index (χ2v) is 3.73. The molecule has 1 saturated heterocycles. The van der Waals surface area contributed by atoms with Gasteiger partial charge >= 0.3 is 0 Å². The van der Waals surface area contributed by atoms with Crippen molar-refractivity contribution in [3.05, 3.63) is 34.7 Å². The number of benzene rings is 1. The lowest BCUT2D eigenvalue weighted by Crippen LogP contribution is -2.29. The van der Waals surface area contributed by atoms with E-state index >= 15 is 0 Å². The number of anilines is 1. The van der Waals surface area contributed by atoms with Gasteiger partial charge in [-0.25, -0.2) is 0 Å². The minimum Gasteiger partial charge on any atom is -0.371 e. The second kappa shape index (κ2) is 4.71. The van der Waals surface area contributed by atoms with E-state index in [1.54, 1.807) is 0 Å². The molecule has 0 unspecified atom stereocenters. The largest absolute Gasteiger partial charge is 0.371 e. The van der Waals surface area contributed by atoms with Gasteiger partial charge in [0.25, 0.3) is 0 Å². The Hall–Kier alpha value is -1.67. The van der Waals surface area contributed by atoms with Crippen LogP contribution < -0.4 is 4.90 Å².